The molecule has 0 aromatic rings. The van der Waals surface area contributed by atoms with Gasteiger partial charge in [-0.2, -0.15) is 5.26 Å². The van der Waals surface area contributed by atoms with E-state index in [0.717, 1.165) is 19.3 Å². The van der Waals surface area contributed by atoms with E-state index in [1.54, 1.807) is 6.92 Å². The number of hydrogen-bond donors (Lipinski definition) is 1. The van der Waals surface area contributed by atoms with Crippen LogP contribution in [0.15, 0.2) is 0 Å². The molecule has 2 saturated heterocycles. The first-order valence-corrected chi connectivity index (χ1v) is 5.96. The normalized spacial score (nSPS) is 35.4. The molecule has 1 N–H and O–H groups in total. The van der Waals surface area contributed by atoms with Gasteiger partial charge in [0.2, 0.25) is 5.91 Å². The Bertz CT molecular complexity index is 336. The van der Waals surface area contributed by atoms with Gasteiger partial charge in [0.15, 0.2) is 0 Å². The Balaban J connectivity index is 1.96. The number of fused-ring (bicyclic) bond motifs is 2. The lowest BCUT2D eigenvalue weighted by Gasteiger charge is -2.25. The second-order valence-electron chi connectivity index (χ2n) is 4.99. The highest BCUT2D eigenvalue weighted by Crippen LogP contribution is 2.35. The molecule has 0 aromatic carbocycles. The molecule has 4 heteroatoms. The number of rotatable bonds is 3. The lowest BCUT2D eigenvalue weighted by molar-refractivity contribution is -0.128. The van der Waals surface area contributed by atoms with E-state index in [1.165, 1.54) is 0 Å². The molecule has 4 atom stereocenters. The van der Waals surface area contributed by atoms with Crippen LogP contribution in [0.2, 0.25) is 0 Å². The third-order valence-electron chi connectivity index (χ3n) is 3.88. The molecule has 2 heterocycles. The highest BCUT2D eigenvalue weighted by Gasteiger charge is 2.43. The highest BCUT2D eigenvalue weighted by atomic mass is 16.5. The first kappa shape index (κ1) is 11.4. The van der Waals surface area contributed by atoms with Crippen molar-refractivity contribution in [3.63, 3.8) is 0 Å². The fourth-order valence-electron chi connectivity index (χ4n) is 2.41. The predicted octanol–water partition coefficient (Wildman–Crippen LogP) is 1.36. The Labute approximate surface area is 96.0 Å². The molecule has 2 bridgehead atoms. The zero-order valence-corrected chi connectivity index (χ0v) is 9.82. The van der Waals surface area contributed by atoms with Crippen LogP contribution >= 0.6 is 0 Å². The summed E-state index contributed by atoms with van der Waals surface area (Å²) in [7, 11) is 0. The molecular weight excluding hydrogens is 204 g/mol. The topological polar surface area (TPSA) is 62.1 Å². The number of nitrogens with one attached hydrogen (secondary N) is 1. The Kier molecular flexibility index (Phi) is 2.90. The summed E-state index contributed by atoms with van der Waals surface area (Å²) in [5.41, 5.74) is -0.901. The van der Waals surface area contributed by atoms with Crippen LogP contribution in [-0.4, -0.2) is 24.2 Å². The minimum atomic E-state index is -0.901. The molecule has 1 amide bonds. The molecule has 4 unspecified atom stereocenters. The van der Waals surface area contributed by atoms with Gasteiger partial charge in [-0.1, -0.05) is 6.92 Å². The minimum absolute atomic E-state index is 0.116. The van der Waals surface area contributed by atoms with Gasteiger partial charge in [0.25, 0.3) is 0 Å². The molecule has 88 valence electrons. The van der Waals surface area contributed by atoms with E-state index in [-0.39, 0.29) is 18.1 Å². The van der Waals surface area contributed by atoms with Gasteiger partial charge >= 0.3 is 0 Å². The van der Waals surface area contributed by atoms with E-state index in [9.17, 15) is 4.79 Å². The summed E-state index contributed by atoms with van der Waals surface area (Å²) in [6, 6.07) is 2.21. The van der Waals surface area contributed by atoms with Gasteiger partial charge in [-0.15, -0.1) is 0 Å². The van der Waals surface area contributed by atoms with Crippen LogP contribution in [0.5, 0.6) is 0 Å². The van der Waals surface area contributed by atoms with Gasteiger partial charge in [-0.25, -0.2) is 0 Å². The van der Waals surface area contributed by atoms with Gasteiger partial charge in [0.05, 0.1) is 24.3 Å². The van der Waals surface area contributed by atoms with Crippen molar-refractivity contribution in [1.82, 2.24) is 5.32 Å². The number of carbonyl (C=O) groups excluding carboxylic acids is 1. The summed E-state index contributed by atoms with van der Waals surface area (Å²) in [5, 5.41) is 12.0. The summed E-state index contributed by atoms with van der Waals surface area (Å²) >= 11 is 0. The predicted molar refractivity (Wildman–Crippen MR) is 58.5 cm³/mol. The van der Waals surface area contributed by atoms with Crippen LogP contribution in [0.3, 0.4) is 0 Å². The molecule has 0 radical (unpaired) electrons. The number of nitrogens with zero attached hydrogens (tertiary/aromatic N) is 1. The zero-order valence-electron chi connectivity index (χ0n) is 9.82. The third kappa shape index (κ3) is 1.80. The van der Waals surface area contributed by atoms with Crippen LogP contribution < -0.4 is 5.32 Å². The third-order valence-corrected chi connectivity index (χ3v) is 3.88. The Morgan fingerprint density at radius 2 is 2.38 bits per heavy atom. The summed E-state index contributed by atoms with van der Waals surface area (Å²) in [4.78, 5) is 12.0. The number of ether oxygens (including phenoxy) is 1. The summed E-state index contributed by atoms with van der Waals surface area (Å²) in [6.07, 6.45) is 4.09. The lowest BCUT2D eigenvalue weighted by Crippen LogP contribution is -2.47. The highest BCUT2D eigenvalue weighted by molar-refractivity contribution is 5.85. The van der Waals surface area contributed by atoms with Crippen molar-refractivity contribution in [3.05, 3.63) is 0 Å². The fourth-order valence-corrected chi connectivity index (χ4v) is 2.41. The van der Waals surface area contributed by atoms with Crippen molar-refractivity contribution in [2.45, 2.75) is 57.8 Å². The van der Waals surface area contributed by atoms with E-state index in [1.807, 2.05) is 6.92 Å². The quantitative estimate of drug-likeness (QED) is 0.784. The zero-order chi connectivity index (χ0) is 11.8. The van der Waals surface area contributed by atoms with Crippen LogP contribution in [0.4, 0.5) is 0 Å². The number of hydrogen-bond acceptors (Lipinski definition) is 3. The maximum absolute atomic E-state index is 12.0. The van der Waals surface area contributed by atoms with Gasteiger partial charge in [-0.05, 0) is 32.6 Å². The van der Waals surface area contributed by atoms with E-state index in [4.69, 9.17) is 10.00 Å². The Morgan fingerprint density at radius 1 is 1.62 bits per heavy atom. The average molecular weight is 222 g/mol. The molecule has 0 aromatic heterocycles. The number of carbonyl (C=O) groups is 1. The largest absolute Gasteiger partial charge is 0.373 e. The lowest BCUT2D eigenvalue weighted by atomic mass is 9.87. The van der Waals surface area contributed by atoms with Crippen molar-refractivity contribution >= 4 is 5.91 Å². The molecule has 2 aliphatic heterocycles. The van der Waals surface area contributed by atoms with Crippen LogP contribution in [0.25, 0.3) is 0 Å². The first-order chi connectivity index (χ1) is 7.59. The van der Waals surface area contributed by atoms with Crippen LogP contribution in [0, 0.1) is 16.7 Å². The molecule has 0 saturated carbocycles. The molecule has 2 aliphatic rings. The van der Waals surface area contributed by atoms with Crippen LogP contribution in [0.1, 0.15) is 39.5 Å². The molecule has 2 fully saturated rings. The smallest absolute Gasteiger partial charge is 0.240 e. The van der Waals surface area contributed by atoms with Gasteiger partial charge < -0.3 is 10.1 Å². The van der Waals surface area contributed by atoms with Crippen molar-refractivity contribution < 1.29 is 9.53 Å². The second-order valence-corrected chi connectivity index (χ2v) is 4.99. The minimum Gasteiger partial charge on any atom is -0.373 e. The Morgan fingerprint density at radius 3 is 2.81 bits per heavy atom. The van der Waals surface area contributed by atoms with E-state index < -0.39 is 5.41 Å². The average Bonchev–Trinajstić information content (AvgIpc) is 2.89. The summed E-state index contributed by atoms with van der Waals surface area (Å²) in [5.74, 6) is -0.154. The SMILES string of the molecule is CCC(C)(C#N)C(=O)NC1CC2CCC1O2. The molecular formula is C12H18N2O2. The standard InChI is InChI=1S/C12H18N2O2/c1-3-12(2,7-13)11(15)14-9-6-8-4-5-10(9)16-8/h8-10H,3-6H2,1-2H3,(H,14,15). The Hall–Kier alpha value is -1.08. The molecule has 16 heavy (non-hydrogen) atoms. The van der Waals surface area contributed by atoms with Gasteiger partial charge in [-0.3, -0.25) is 4.79 Å². The summed E-state index contributed by atoms with van der Waals surface area (Å²) < 4.78 is 5.67. The van der Waals surface area contributed by atoms with Crippen LogP contribution in [-0.2, 0) is 9.53 Å². The van der Waals surface area contributed by atoms with Crippen molar-refractivity contribution in [1.29, 1.82) is 5.26 Å². The maximum atomic E-state index is 12.0. The second kappa shape index (κ2) is 4.06. The molecule has 0 aliphatic carbocycles. The molecule has 4 nitrogen and oxygen atoms in total. The molecule has 2 rings (SSSR count). The first-order valence-electron chi connectivity index (χ1n) is 5.96. The van der Waals surface area contributed by atoms with Gasteiger partial charge in [0.1, 0.15) is 5.41 Å². The van der Waals surface area contributed by atoms with E-state index in [0.29, 0.717) is 12.5 Å². The monoisotopic (exact) mass is 222 g/mol. The van der Waals surface area contributed by atoms with Crippen molar-refractivity contribution in [2.75, 3.05) is 0 Å². The van der Waals surface area contributed by atoms with E-state index in [2.05, 4.69) is 11.4 Å². The van der Waals surface area contributed by atoms with Crippen molar-refractivity contribution in [3.8, 4) is 6.07 Å². The van der Waals surface area contributed by atoms with Crippen molar-refractivity contribution in [2.24, 2.45) is 5.41 Å². The van der Waals surface area contributed by atoms with E-state index >= 15 is 0 Å². The van der Waals surface area contributed by atoms with Gasteiger partial charge in [0, 0.05) is 0 Å². The maximum Gasteiger partial charge on any atom is 0.240 e. The molecule has 0 spiro atoms. The number of nitriles is 1. The number of amides is 1. The summed E-state index contributed by atoms with van der Waals surface area (Å²) in [6.45, 7) is 3.55. The fraction of sp³-hybridized carbons (Fsp3) is 0.833.